The highest BCUT2D eigenvalue weighted by atomic mass is 19.3. The maximum atomic E-state index is 15.2. The van der Waals surface area contributed by atoms with Crippen LogP contribution in [0.1, 0.15) is 17.4 Å². The van der Waals surface area contributed by atoms with Gasteiger partial charge in [-0.2, -0.15) is 13.8 Å². The molecule has 3 unspecified atom stereocenters. The molecule has 1 aliphatic heterocycles. The van der Waals surface area contributed by atoms with Gasteiger partial charge in [-0.15, -0.1) is 0 Å². The van der Waals surface area contributed by atoms with Crippen molar-refractivity contribution in [2.45, 2.75) is 37.6 Å². The zero-order valence-electron chi connectivity index (χ0n) is 19.7. The molecule has 1 saturated heterocycles. The number of aromatic nitrogens is 2. The number of hydrogen-bond acceptors (Lipinski definition) is 9. The van der Waals surface area contributed by atoms with Gasteiger partial charge in [0, 0.05) is 6.20 Å². The van der Waals surface area contributed by atoms with Gasteiger partial charge in [0.25, 0.3) is 0 Å². The Morgan fingerprint density at radius 3 is 2.18 bits per heavy atom. The molecule has 1 fully saturated rings. The Balaban J connectivity index is 1.40. The Labute approximate surface area is 214 Å². The van der Waals surface area contributed by atoms with Gasteiger partial charge < -0.3 is 24.1 Å². The SMILES string of the molecule is O=C(Nc1ccn(C2OC(CO)C(OC(=O)OCc3ccccc3)C2(F)F)c(=O)n1)OCc1ccccc1. The van der Waals surface area contributed by atoms with E-state index in [1.54, 1.807) is 60.7 Å². The molecular weight excluding hydrogens is 508 g/mol. The summed E-state index contributed by atoms with van der Waals surface area (Å²) >= 11 is 0. The first-order chi connectivity index (χ1) is 18.3. The van der Waals surface area contributed by atoms with Gasteiger partial charge in [0.15, 0.2) is 0 Å². The van der Waals surface area contributed by atoms with Crippen LogP contribution in [-0.2, 0) is 32.2 Å². The van der Waals surface area contributed by atoms with Gasteiger partial charge in [0.2, 0.25) is 12.3 Å². The molecule has 2 heterocycles. The van der Waals surface area contributed by atoms with E-state index in [0.717, 1.165) is 17.8 Å². The summed E-state index contributed by atoms with van der Waals surface area (Å²) in [6, 6.07) is 18.4. The first kappa shape index (κ1) is 26.7. The van der Waals surface area contributed by atoms with Crippen LogP contribution >= 0.6 is 0 Å². The van der Waals surface area contributed by atoms with Crippen molar-refractivity contribution in [3.05, 3.63) is 94.5 Å². The smallest absolute Gasteiger partial charge is 0.444 e. The molecule has 3 atom stereocenters. The minimum atomic E-state index is -3.95. The van der Waals surface area contributed by atoms with Crippen LogP contribution in [0.15, 0.2) is 77.7 Å². The maximum Gasteiger partial charge on any atom is 0.509 e. The first-order valence-corrected chi connectivity index (χ1v) is 11.4. The molecule has 0 aliphatic carbocycles. The summed E-state index contributed by atoms with van der Waals surface area (Å²) < 4.78 is 50.8. The van der Waals surface area contributed by atoms with Crippen LogP contribution in [-0.4, -0.2) is 51.6 Å². The predicted octanol–water partition coefficient (Wildman–Crippen LogP) is 3.24. The van der Waals surface area contributed by atoms with E-state index in [9.17, 15) is 19.5 Å². The third-order valence-corrected chi connectivity index (χ3v) is 5.48. The summed E-state index contributed by atoms with van der Waals surface area (Å²) in [6.07, 6.45) is -7.56. The van der Waals surface area contributed by atoms with Gasteiger partial charge in [-0.3, -0.25) is 9.88 Å². The normalized spacial score (nSPS) is 19.9. The molecule has 2 aromatic carbocycles. The number of aliphatic hydroxyl groups is 1. The lowest BCUT2D eigenvalue weighted by molar-refractivity contribution is -0.146. The number of anilines is 1. The van der Waals surface area contributed by atoms with Gasteiger partial charge in [0.1, 0.15) is 25.1 Å². The minimum Gasteiger partial charge on any atom is -0.444 e. The van der Waals surface area contributed by atoms with E-state index in [1.807, 2.05) is 0 Å². The summed E-state index contributed by atoms with van der Waals surface area (Å²) in [4.78, 5) is 40.1. The largest absolute Gasteiger partial charge is 0.509 e. The van der Waals surface area contributed by atoms with E-state index in [-0.39, 0.29) is 19.0 Å². The van der Waals surface area contributed by atoms with Gasteiger partial charge >= 0.3 is 23.9 Å². The third-order valence-electron chi connectivity index (χ3n) is 5.48. The Morgan fingerprint density at radius 2 is 1.61 bits per heavy atom. The van der Waals surface area contributed by atoms with E-state index in [4.69, 9.17) is 18.9 Å². The predicted molar refractivity (Wildman–Crippen MR) is 126 cm³/mol. The first-order valence-electron chi connectivity index (χ1n) is 11.4. The quantitative estimate of drug-likeness (QED) is 0.420. The Morgan fingerprint density at radius 1 is 1.00 bits per heavy atom. The molecule has 1 aliphatic rings. The standard InChI is InChI=1S/C25H23F2N3O8/c26-25(27)20(38-24(34)36-15-17-9-5-2-6-10-17)18(13-31)37-21(25)30-12-11-19(28-22(30)32)29-23(33)35-14-16-7-3-1-4-8-16/h1-12,18,20-21,31H,13-15H2,(H,28,29,32,33). The van der Waals surface area contributed by atoms with Crippen molar-refractivity contribution in [3.8, 4) is 0 Å². The molecule has 13 heteroatoms. The van der Waals surface area contributed by atoms with Gasteiger partial charge in [0.05, 0.1) is 6.61 Å². The zero-order chi connectivity index (χ0) is 27.1. The number of nitrogens with zero attached hydrogens (tertiary/aromatic N) is 2. The number of hydrogen-bond donors (Lipinski definition) is 2. The van der Waals surface area contributed by atoms with Crippen molar-refractivity contribution >= 4 is 18.1 Å². The summed E-state index contributed by atoms with van der Waals surface area (Å²) in [5.74, 6) is -4.20. The van der Waals surface area contributed by atoms with Gasteiger partial charge in [-0.05, 0) is 17.2 Å². The second-order valence-corrected chi connectivity index (χ2v) is 8.14. The molecule has 1 aromatic heterocycles. The lowest BCUT2D eigenvalue weighted by Gasteiger charge is -2.23. The average molecular weight is 531 g/mol. The lowest BCUT2D eigenvalue weighted by Crippen LogP contribution is -2.44. The average Bonchev–Trinajstić information content (AvgIpc) is 3.16. The molecule has 3 aromatic rings. The molecule has 0 saturated carbocycles. The maximum absolute atomic E-state index is 15.2. The fraction of sp³-hybridized carbons (Fsp3) is 0.280. The van der Waals surface area contributed by atoms with Crippen LogP contribution in [0, 0.1) is 0 Å². The van der Waals surface area contributed by atoms with Crippen molar-refractivity contribution in [3.63, 3.8) is 0 Å². The summed E-state index contributed by atoms with van der Waals surface area (Å²) in [5, 5.41) is 11.8. The van der Waals surface area contributed by atoms with Gasteiger partial charge in [-0.1, -0.05) is 60.7 Å². The van der Waals surface area contributed by atoms with E-state index in [0.29, 0.717) is 10.1 Å². The minimum absolute atomic E-state index is 0.0381. The molecule has 1 amide bonds. The molecule has 4 rings (SSSR count). The van der Waals surface area contributed by atoms with Crippen LogP contribution in [0.2, 0.25) is 0 Å². The Hall–Kier alpha value is -4.36. The highest BCUT2D eigenvalue weighted by molar-refractivity contribution is 5.83. The zero-order valence-corrected chi connectivity index (χ0v) is 19.7. The number of amides is 1. The molecule has 11 nitrogen and oxygen atoms in total. The summed E-state index contributed by atoms with van der Waals surface area (Å²) in [6.45, 7) is -1.20. The van der Waals surface area contributed by atoms with Crippen LogP contribution in [0.4, 0.5) is 24.2 Å². The number of carbonyl (C=O) groups is 2. The van der Waals surface area contributed by atoms with Crippen molar-refractivity contribution in [2.24, 2.45) is 0 Å². The summed E-state index contributed by atoms with van der Waals surface area (Å²) in [5.41, 5.74) is 0.135. The van der Waals surface area contributed by atoms with Crippen LogP contribution in [0.5, 0.6) is 0 Å². The molecule has 38 heavy (non-hydrogen) atoms. The lowest BCUT2D eigenvalue weighted by atomic mass is 10.1. The van der Waals surface area contributed by atoms with E-state index >= 15 is 8.78 Å². The van der Waals surface area contributed by atoms with E-state index in [2.05, 4.69) is 10.3 Å². The molecule has 0 spiro atoms. The summed E-state index contributed by atoms with van der Waals surface area (Å²) in [7, 11) is 0. The van der Waals surface area contributed by atoms with E-state index < -0.39 is 48.9 Å². The fourth-order valence-corrected chi connectivity index (χ4v) is 3.64. The second kappa shape index (κ2) is 11.8. The van der Waals surface area contributed by atoms with Gasteiger partial charge in [-0.25, -0.2) is 14.4 Å². The number of ether oxygens (including phenoxy) is 4. The number of benzene rings is 2. The number of aliphatic hydroxyl groups excluding tert-OH is 1. The number of alkyl halides is 2. The Bertz CT molecular complexity index is 1310. The monoisotopic (exact) mass is 531 g/mol. The van der Waals surface area contributed by atoms with Crippen molar-refractivity contribution in [1.29, 1.82) is 0 Å². The number of rotatable bonds is 8. The Kier molecular flexibility index (Phi) is 8.28. The highest BCUT2D eigenvalue weighted by Crippen LogP contribution is 2.44. The second-order valence-electron chi connectivity index (χ2n) is 8.14. The topological polar surface area (TPSA) is 138 Å². The number of nitrogens with one attached hydrogen (secondary N) is 1. The van der Waals surface area contributed by atoms with Crippen molar-refractivity contribution in [2.75, 3.05) is 11.9 Å². The van der Waals surface area contributed by atoms with Crippen LogP contribution in [0.25, 0.3) is 0 Å². The van der Waals surface area contributed by atoms with Crippen molar-refractivity contribution < 1.29 is 42.4 Å². The van der Waals surface area contributed by atoms with E-state index in [1.165, 1.54) is 0 Å². The molecule has 0 radical (unpaired) electrons. The van der Waals surface area contributed by atoms with Crippen LogP contribution < -0.4 is 11.0 Å². The molecular formula is C25H23F2N3O8. The molecule has 200 valence electrons. The molecule has 0 bridgehead atoms. The van der Waals surface area contributed by atoms with Crippen molar-refractivity contribution in [1.82, 2.24) is 9.55 Å². The number of carbonyl (C=O) groups excluding carboxylic acids is 2. The fourth-order valence-electron chi connectivity index (χ4n) is 3.64. The highest BCUT2D eigenvalue weighted by Gasteiger charge is 2.62. The van der Waals surface area contributed by atoms with Crippen LogP contribution in [0.3, 0.4) is 0 Å². The third kappa shape index (κ3) is 6.30. The number of halogens is 2. The molecule has 2 N–H and O–H groups in total.